The van der Waals surface area contributed by atoms with E-state index in [0.717, 1.165) is 20.6 Å². The average Bonchev–Trinajstić information content (AvgIpc) is 2.53. The topological polar surface area (TPSA) is 50.7 Å². The molecule has 0 aromatic heterocycles. The second kappa shape index (κ2) is 7.21. The van der Waals surface area contributed by atoms with E-state index in [1.54, 1.807) is 19.2 Å². The van der Waals surface area contributed by atoms with Crippen LogP contribution in [-0.2, 0) is 0 Å². The number of carbonyl (C=O) groups excluding carboxylic acids is 1. The van der Waals surface area contributed by atoms with E-state index in [2.05, 4.69) is 33.1 Å². The van der Waals surface area contributed by atoms with Gasteiger partial charge < -0.3 is 4.74 Å². The third-order valence-corrected chi connectivity index (χ3v) is 3.66. The van der Waals surface area contributed by atoms with Gasteiger partial charge in [-0.3, -0.25) is 4.79 Å². The maximum Gasteiger partial charge on any atom is 0.271 e. The highest BCUT2D eigenvalue weighted by molar-refractivity contribution is 14.1. The summed E-state index contributed by atoms with van der Waals surface area (Å²) < 4.78 is 6.19. The molecule has 2 aromatic rings. The Morgan fingerprint density at radius 2 is 1.62 bits per heavy atom. The van der Waals surface area contributed by atoms with Gasteiger partial charge in [-0.25, -0.2) is 5.43 Å². The van der Waals surface area contributed by atoms with E-state index in [1.807, 2.05) is 43.3 Å². The number of rotatable bonds is 4. The summed E-state index contributed by atoms with van der Waals surface area (Å²) in [4.78, 5) is 12.0. The van der Waals surface area contributed by atoms with Gasteiger partial charge >= 0.3 is 0 Å². The van der Waals surface area contributed by atoms with Crippen molar-refractivity contribution in [3.63, 3.8) is 0 Å². The van der Waals surface area contributed by atoms with Crippen molar-refractivity contribution in [2.75, 3.05) is 7.11 Å². The number of carbonyl (C=O) groups is 1. The second-order valence-corrected chi connectivity index (χ2v) is 5.62. The first-order valence-electron chi connectivity index (χ1n) is 6.35. The van der Waals surface area contributed by atoms with Crippen molar-refractivity contribution >= 4 is 34.2 Å². The zero-order valence-corrected chi connectivity index (χ0v) is 13.9. The van der Waals surface area contributed by atoms with Gasteiger partial charge in [0.15, 0.2) is 0 Å². The predicted molar refractivity (Wildman–Crippen MR) is 91.8 cm³/mol. The molecular weight excluding hydrogens is 379 g/mol. The Hall–Kier alpha value is -1.89. The Morgan fingerprint density at radius 3 is 2.19 bits per heavy atom. The molecule has 1 amide bonds. The van der Waals surface area contributed by atoms with Crippen molar-refractivity contribution in [1.82, 2.24) is 5.43 Å². The molecule has 2 rings (SSSR count). The molecule has 0 radical (unpaired) electrons. The number of halogens is 1. The Kier molecular flexibility index (Phi) is 5.32. The van der Waals surface area contributed by atoms with Gasteiger partial charge in [-0.05, 0) is 83.6 Å². The maximum atomic E-state index is 12.0. The normalized spacial score (nSPS) is 11.1. The van der Waals surface area contributed by atoms with Crippen LogP contribution < -0.4 is 10.2 Å². The molecule has 0 bridgehead atoms. The van der Waals surface area contributed by atoms with Gasteiger partial charge in [0, 0.05) is 9.13 Å². The van der Waals surface area contributed by atoms with Gasteiger partial charge in [-0.1, -0.05) is 0 Å². The zero-order valence-electron chi connectivity index (χ0n) is 11.8. The summed E-state index contributed by atoms with van der Waals surface area (Å²) in [7, 11) is 1.62. The lowest BCUT2D eigenvalue weighted by Gasteiger charge is -2.04. The van der Waals surface area contributed by atoms with E-state index in [1.165, 1.54) is 0 Å². The van der Waals surface area contributed by atoms with Gasteiger partial charge in [0.1, 0.15) is 5.75 Å². The molecule has 21 heavy (non-hydrogen) atoms. The summed E-state index contributed by atoms with van der Waals surface area (Å²) in [5.41, 5.74) is 4.81. The first kappa shape index (κ1) is 15.5. The van der Waals surface area contributed by atoms with Crippen LogP contribution in [0.2, 0.25) is 0 Å². The lowest BCUT2D eigenvalue weighted by atomic mass is 10.1. The van der Waals surface area contributed by atoms with Crippen molar-refractivity contribution in [2.24, 2.45) is 5.10 Å². The molecule has 108 valence electrons. The summed E-state index contributed by atoms with van der Waals surface area (Å²) >= 11 is 2.20. The minimum absolute atomic E-state index is 0.223. The van der Waals surface area contributed by atoms with Crippen LogP contribution in [-0.4, -0.2) is 18.7 Å². The van der Waals surface area contributed by atoms with Gasteiger partial charge in [0.2, 0.25) is 0 Å². The Bertz CT molecular complexity index is 649. The van der Waals surface area contributed by atoms with E-state index >= 15 is 0 Å². The zero-order chi connectivity index (χ0) is 15.2. The summed E-state index contributed by atoms with van der Waals surface area (Å²) in [5.74, 6) is 0.564. The number of nitrogens with zero attached hydrogens (tertiary/aromatic N) is 1. The highest BCUT2D eigenvalue weighted by Gasteiger charge is 2.04. The molecule has 0 spiro atoms. The van der Waals surface area contributed by atoms with Gasteiger partial charge in [0.25, 0.3) is 5.91 Å². The third-order valence-electron chi connectivity index (χ3n) is 2.94. The molecule has 0 saturated heterocycles. The molecule has 0 aliphatic rings. The fourth-order valence-electron chi connectivity index (χ4n) is 1.70. The molecule has 0 saturated carbocycles. The minimum atomic E-state index is -0.223. The molecule has 1 N–H and O–H groups in total. The van der Waals surface area contributed by atoms with Crippen LogP contribution in [0.5, 0.6) is 5.75 Å². The number of ether oxygens (including phenoxy) is 1. The molecule has 5 heteroatoms. The van der Waals surface area contributed by atoms with E-state index in [4.69, 9.17) is 4.74 Å². The molecule has 4 nitrogen and oxygen atoms in total. The summed E-state index contributed by atoms with van der Waals surface area (Å²) in [6.45, 7) is 1.84. The Morgan fingerprint density at radius 1 is 1.05 bits per heavy atom. The van der Waals surface area contributed by atoms with Crippen molar-refractivity contribution < 1.29 is 9.53 Å². The molecule has 0 heterocycles. The Labute approximate surface area is 137 Å². The average molecular weight is 394 g/mol. The molecule has 2 aromatic carbocycles. The fraction of sp³-hybridized carbons (Fsp3) is 0.125. The van der Waals surface area contributed by atoms with E-state index < -0.39 is 0 Å². The van der Waals surface area contributed by atoms with Crippen LogP contribution in [0.25, 0.3) is 0 Å². The number of amides is 1. The number of benzene rings is 2. The van der Waals surface area contributed by atoms with E-state index in [0.29, 0.717) is 5.56 Å². The first-order valence-corrected chi connectivity index (χ1v) is 7.42. The highest BCUT2D eigenvalue weighted by atomic mass is 127. The van der Waals surface area contributed by atoms with Crippen LogP contribution in [0.1, 0.15) is 22.8 Å². The standard InChI is InChI=1S/C16H15IN2O2/c1-11(12-5-9-15(21-2)10-6-12)18-19-16(20)13-3-7-14(17)8-4-13/h3-10H,1-2H3,(H,19,20)/b18-11-. The Balaban J connectivity index is 2.05. The van der Waals surface area contributed by atoms with Crippen molar-refractivity contribution in [3.05, 3.63) is 63.2 Å². The SMILES string of the molecule is COc1ccc(/C(C)=N\NC(=O)c2ccc(I)cc2)cc1. The number of hydrazone groups is 1. The predicted octanol–water partition coefficient (Wildman–Crippen LogP) is 3.45. The smallest absolute Gasteiger partial charge is 0.271 e. The summed E-state index contributed by atoms with van der Waals surface area (Å²) in [5, 5.41) is 4.12. The van der Waals surface area contributed by atoms with Crippen LogP contribution >= 0.6 is 22.6 Å². The number of methoxy groups -OCH3 is 1. The first-order chi connectivity index (χ1) is 10.1. The lowest BCUT2D eigenvalue weighted by molar-refractivity contribution is 0.0955. The highest BCUT2D eigenvalue weighted by Crippen LogP contribution is 2.12. The second-order valence-electron chi connectivity index (χ2n) is 4.37. The van der Waals surface area contributed by atoms with Crippen LogP contribution in [0.3, 0.4) is 0 Å². The molecule has 0 aliphatic carbocycles. The number of hydrogen-bond acceptors (Lipinski definition) is 3. The quantitative estimate of drug-likeness (QED) is 0.491. The molecule has 0 atom stereocenters. The van der Waals surface area contributed by atoms with Crippen LogP contribution in [0, 0.1) is 3.57 Å². The van der Waals surface area contributed by atoms with Gasteiger partial charge in [-0.15, -0.1) is 0 Å². The molecule has 0 unspecified atom stereocenters. The van der Waals surface area contributed by atoms with E-state index in [9.17, 15) is 4.79 Å². The number of hydrogen-bond donors (Lipinski definition) is 1. The van der Waals surface area contributed by atoms with Gasteiger partial charge in [0.05, 0.1) is 12.8 Å². The van der Waals surface area contributed by atoms with E-state index in [-0.39, 0.29) is 5.91 Å². The third kappa shape index (κ3) is 4.29. The van der Waals surface area contributed by atoms with Crippen molar-refractivity contribution in [3.8, 4) is 5.75 Å². The van der Waals surface area contributed by atoms with Crippen LogP contribution in [0.15, 0.2) is 53.6 Å². The largest absolute Gasteiger partial charge is 0.497 e. The van der Waals surface area contributed by atoms with Crippen molar-refractivity contribution in [1.29, 1.82) is 0 Å². The fourth-order valence-corrected chi connectivity index (χ4v) is 2.06. The maximum absolute atomic E-state index is 12.0. The molecule has 0 aliphatic heterocycles. The summed E-state index contributed by atoms with van der Waals surface area (Å²) in [6, 6.07) is 14.8. The summed E-state index contributed by atoms with van der Waals surface area (Å²) in [6.07, 6.45) is 0. The van der Waals surface area contributed by atoms with Gasteiger partial charge in [-0.2, -0.15) is 5.10 Å². The lowest BCUT2D eigenvalue weighted by Crippen LogP contribution is -2.19. The minimum Gasteiger partial charge on any atom is -0.497 e. The number of nitrogens with one attached hydrogen (secondary N) is 1. The molecule has 0 fully saturated rings. The molecular formula is C16H15IN2O2. The van der Waals surface area contributed by atoms with Crippen molar-refractivity contribution in [2.45, 2.75) is 6.92 Å². The van der Waals surface area contributed by atoms with Crippen LogP contribution in [0.4, 0.5) is 0 Å². The monoisotopic (exact) mass is 394 g/mol.